The Labute approximate surface area is 116 Å². The number of anilines is 1. The Balaban J connectivity index is 2.55. The first kappa shape index (κ1) is 16.0. The first-order chi connectivity index (χ1) is 8.60. The maximum atomic E-state index is 10.2. The molecule has 0 aliphatic rings. The molecule has 0 aromatic carbocycles. The predicted octanol–water partition coefficient (Wildman–Crippen LogP) is 1.42. The van der Waals surface area contributed by atoms with Gasteiger partial charge in [-0.3, -0.25) is 4.68 Å². The number of aliphatic hydroxyl groups excluding tert-OH is 1. The Morgan fingerprint density at radius 1 is 1.37 bits per heavy atom. The highest BCUT2D eigenvalue weighted by Crippen LogP contribution is 2.16. The summed E-state index contributed by atoms with van der Waals surface area (Å²) in [6.45, 7) is 12.5. The van der Waals surface area contributed by atoms with Crippen molar-refractivity contribution in [1.29, 1.82) is 0 Å². The number of aliphatic hydroxyl groups is 1. The molecule has 1 heterocycles. The van der Waals surface area contributed by atoms with Crippen LogP contribution in [0.5, 0.6) is 0 Å². The van der Waals surface area contributed by atoms with Crippen molar-refractivity contribution in [3.8, 4) is 0 Å². The summed E-state index contributed by atoms with van der Waals surface area (Å²) in [7, 11) is 2.03. The monoisotopic (exact) mass is 268 g/mol. The van der Waals surface area contributed by atoms with E-state index in [1.54, 1.807) is 4.68 Å². The van der Waals surface area contributed by atoms with E-state index in [9.17, 15) is 5.11 Å². The number of hydrogen-bond donors (Lipinski definition) is 2. The van der Waals surface area contributed by atoms with Gasteiger partial charge in [0.2, 0.25) is 0 Å². The number of nitrogens with zero attached hydrogens (tertiary/aromatic N) is 3. The molecule has 0 bridgehead atoms. The second kappa shape index (κ2) is 5.92. The van der Waals surface area contributed by atoms with E-state index in [0.29, 0.717) is 13.1 Å². The number of aromatic nitrogens is 2. The van der Waals surface area contributed by atoms with Gasteiger partial charge in [-0.1, -0.05) is 20.8 Å². The van der Waals surface area contributed by atoms with Gasteiger partial charge in [-0.15, -0.1) is 0 Å². The molecule has 5 heteroatoms. The number of nitrogens with two attached hydrogens (primary N) is 1. The lowest BCUT2D eigenvalue weighted by Gasteiger charge is -2.28. The van der Waals surface area contributed by atoms with E-state index >= 15 is 0 Å². The van der Waals surface area contributed by atoms with Gasteiger partial charge < -0.3 is 15.7 Å². The van der Waals surface area contributed by atoms with E-state index in [1.807, 2.05) is 20.9 Å². The maximum Gasteiger partial charge on any atom is 0.0862 e. The molecule has 0 aliphatic carbocycles. The Morgan fingerprint density at radius 2 is 1.95 bits per heavy atom. The topological polar surface area (TPSA) is 67.3 Å². The van der Waals surface area contributed by atoms with Crippen molar-refractivity contribution >= 4 is 5.69 Å². The molecule has 0 fully saturated rings. The lowest BCUT2D eigenvalue weighted by atomic mass is 9.96. The first-order valence-corrected chi connectivity index (χ1v) is 6.76. The molecule has 0 amide bonds. The van der Waals surface area contributed by atoms with Gasteiger partial charge in [0.1, 0.15) is 0 Å². The molecule has 1 unspecified atom stereocenters. The van der Waals surface area contributed by atoms with E-state index in [0.717, 1.165) is 23.6 Å². The van der Waals surface area contributed by atoms with Crippen molar-refractivity contribution < 1.29 is 5.11 Å². The highest BCUT2D eigenvalue weighted by molar-refractivity contribution is 5.46. The summed E-state index contributed by atoms with van der Waals surface area (Å²) >= 11 is 0. The molecule has 1 atom stereocenters. The second-order valence-electron chi connectivity index (χ2n) is 6.68. The molecule has 110 valence electrons. The van der Waals surface area contributed by atoms with E-state index < -0.39 is 6.10 Å². The van der Waals surface area contributed by atoms with Gasteiger partial charge in [-0.2, -0.15) is 5.10 Å². The molecule has 0 saturated carbocycles. The van der Waals surface area contributed by atoms with Gasteiger partial charge in [0.05, 0.1) is 29.7 Å². The van der Waals surface area contributed by atoms with Crippen molar-refractivity contribution in [2.75, 3.05) is 25.9 Å². The summed E-state index contributed by atoms with van der Waals surface area (Å²) in [5.41, 5.74) is 8.59. The average Bonchev–Trinajstić information content (AvgIpc) is 2.43. The maximum absolute atomic E-state index is 10.2. The minimum Gasteiger partial charge on any atom is -0.396 e. The van der Waals surface area contributed by atoms with Crippen LogP contribution in [0.15, 0.2) is 0 Å². The molecular formula is C14H28N4O. The minimum absolute atomic E-state index is 0.233. The molecule has 1 rings (SSSR count). The van der Waals surface area contributed by atoms with Crippen LogP contribution in [0.4, 0.5) is 5.69 Å². The van der Waals surface area contributed by atoms with Gasteiger partial charge in [0, 0.05) is 13.1 Å². The van der Waals surface area contributed by atoms with Crippen LogP contribution in [0.3, 0.4) is 0 Å². The molecule has 1 aromatic heterocycles. The number of likely N-dealkylation sites (N-methyl/N-ethyl adjacent to an activating group) is 1. The van der Waals surface area contributed by atoms with E-state index in [4.69, 9.17) is 5.73 Å². The summed E-state index contributed by atoms with van der Waals surface area (Å²) in [6, 6.07) is 0. The molecule has 0 spiro atoms. The SMILES string of the molecule is Cc1nn(CC(O)CN(C)CC(C)(C)C)c(C)c1N. The summed E-state index contributed by atoms with van der Waals surface area (Å²) in [5, 5.41) is 14.5. The highest BCUT2D eigenvalue weighted by atomic mass is 16.3. The number of rotatable bonds is 5. The standard InChI is InChI=1S/C14H28N4O/c1-10-13(15)11(2)18(16-10)8-12(19)7-17(6)9-14(3,4)5/h12,19H,7-9,15H2,1-6H3. The fraction of sp³-hybridized carbons (Fsp3) is 0.786. The van der Waals surface area contributed by atoms with Crippen LogP contribution in [0.1, 0.15) is 32.2 Å². The summed E-state index contributed by atoms with van der Waals surface area (Å²) < 4.78 is 1.79. The van der Waals surface area contributed by atoms with Gasteiger partial charge in [0.25, 0.3) is 0 Å². The summed E-state index contributed by atoms with van der Waals surface area (Å²) in [4.78, 5) is 2.15. The quantitative estimate of drug-likeness (QED) is 0.847. The number of aryl methyl sites for hydroxylation is 1. The van der Waals surface area contributed by atoms with Crippen LogP contribution < -0.4 is 5.73 Å². The summed E-state index contributed by atoms with van der Waals surface area (Å²) in [5.74, 6) is 0. The molecule has 3 N–H and O–H groups in total. The molecule has 19 heavy (non-hydrogen) atoms. The van der Waals surface area contributed by atoms with Crippen LogP contribution in [-0.2, 0) is 6.54 Å². The van der Waals surface area contributed by atoms with Gasteiger partial charge in [-0.05, 0) is 26.3 Å². The highest BCUT2D eigenvalue weighted by Gasteiger charge is 2.17. The Bertz CT molecular complexity index is 420. The van der Waals surface area contributed by atoms with Crippen molar-refractivity contribution in [1.82, 2.24) is 14.7 Å². The van der Waals surface area contributed by atoms with Crippen LogP contribution in [-0.4, -0.2) is 46.0 Å². The van der Waals surface area contributed by atoms with Crippen molar-refractivity contribution in [3.05, 3.63) is 11.4 Å². The Kier molecular flexibility index (Phi) is 4.98. The van der Waals surface area contributed by atoms with Crippen LogP contribution in [0.25, 0.3) is 0 Å². The van der Waals surface area contributed by atoms with E-state index in [1.165, 1.54) is 0 Å². The zero-order valence-electron chi connectivity index (χ0n) is 13.1. The fourth-order valence-electron chi connectivity index (χ4n) is 2.38. The molecule has 0 aliphatic heterocycles. The van der Waals surface area contributed by atoms with E-state index in [2.05, 4.69) is 30.8 Å². The Hall–Kier alpha value is -1.07. The molecule has 5 nitrogen and oxygen atoms in total. The zero-order valence-corrected chi connectivity index (χ0v) is 13.1. The zero-order chi connectivity index (χ0) is 14.8. The third kappa shape index (κ3) is 4.84. The molecule has 0 radical (unpaired) electrons. The lowest BCUT2D eigenvalue weighted by molar-refractivity contribution is 0.0912. The number of hydrogen-bond acceptors (Lipinski definition) is 4. The minimum atomic E-state index is -0.440. The van der Waals surface area contributed by atoms with Gasteiger partial charge >= 0.3 is 0 Å². The van der Waals surface area contributed by atoms with Crippen molar-refractivity contribution in [3.63, 3.8) is 0 Å². The van der Waals surface area contributed by atoms with Gasteiger partial charge in [-0.25, -0.2) is 0 Å². The fourth-order valence-corrected chi connectivity index (χ4v) is 2.38. The largest absolute Gasteiger partial charge is 0.396 e. The summed E-state index contributed by atoms with van der Waals surface area (Å²) in [6.07, 6.45) is -0.440. The van der Waals surface area contributed by atoms with Crippen LogP contribution >= 0.6 is 0 Å². The molecular weight excluding hydrogens is 240 g/mol. The van der Waals surface area contributed by atoms with Crippen LogP contribution in [0.2, 0.25) is 0 Å². The van der Waals surface area contributed by atoms with Gasteiger partial charge in [0.15, 0.2) is 0 Å². The van der Waals surface area contributed by atoms with Crippen molar-refractivity contribution in [2.24, 2.45) is 5.41 Å². The lowest BCUT2D eigenvalue weighted by Crippen LogP contribution is -2.37. The predicted molar refractivity (Wildman–Crippen MR) is 79.1 cm³/mol. The number of nitrogen functional groups attached to an aromatic ring is 1. The average molecular weight is 268 g/mol. The molecule has 0 saturated heterocycles. The third-order valence-electron chi connectivity index (χ3n) is 3.09. The first-order valence-electron chi connectivity index (χ1n) is 6.76. The molecule has 1 aromatic rings. The smallest absolute Gasteiger partial charge is 0.0862 e. The normalized spacial score (nSPS) is 14.1. The van der Waals surface area contributed by atoms with E-state index in [-0.39, 0.29) is 5.41 Å². The van der Waals surface area contributed by atoms with Crippen molar-refractivity contribution in [2.45, 2.75) is 47.3 Å². The second-order valence-corrected chi connectivity index (χ2v) is 6.68. The van der Waals surface area contributed by atoms with Crippen LogP contribution in [0, 0.1) is 19.3 Å². The third-order valence-corrected chi connectivity index (χ3v) is 3.09. The Morgan fingerprint density at radius 3 is 2.37 bits per heavy atom.